The highest BCUT2D eigenvalue weighted by Gasteiger charge is 2.34. The van der Waals surface area contributed by atoms with Crippen molar-refractivity contribution in [1.82, 2.24) is 9.55 Å². The van der Waals surface area contributed by atoms with Crippen molar-refractivity contribution in [2.45, 2.75) is 30.6 Å². The normalized spacial score (nSPS) is 11.6. The summed E-state index contributed by atoms with van der Waals surface area (Å²) in [5.74, 6) is -0.912. The molecule has 0 bridgehead atoms. The van der Waals surface area contributed by atoms with E-state index in [-0.39, 0.29) is 30.5 Å². The van der Waals surface area contributed by atoms with Gasteiger partial charge in [-0.2, -0.15) is 13.2 Å². The Labute approximate surface area is 209 Å². The van der Waals surface area contributed by atoms with Crippen LogP contribution in [0.5, 0.6) is 5.75 Å². The van der Waals surface area contributed by atoms with Crippen molar-refractivity contribution in [2.24, 2.45) is 0 Å². The third-order valence-corrected chi connectivity index (χ3v) is 6.44. The van der Waals surface area contributed by atoms with Crippen LogP contribution in [0.2, 0.25) is 0 Å². The minimum Gasteiger partial charge on any atom is -0.496 e. The molecule has 0 radical (unpaired) electrons. The summed E-state index contributed by atoms with van der Waals surface area (Å²) in [5.41, 5.74) is 1.82. The van der Waals surface area contributed by atoms with E-state index in [2.05, 4.69) is 4.98 Å². The molecule has 1 aromatic heterocycles. The molecule has 36 heavy (non-hydrogen) atoms. The zero-order valence-electron chi connectivity index (χ0n) is 19.4. The van der Waals surface area contributed by atoms with Gasteiger partial charge in [0.2, 0.25) is 0 Å². The summed E-state index contributed by atoms with van der Waals surface area (Å²) >= 11 is 1.24. The second-order valence-corrected chi connectivity index (χ2v) is 8.80. The fourth-order valence-electron chi connectivity index (χ4n) is 3.74. The first-order chi connectivity index (χ1) is 17.2. The molecule has 0 spiro atoms. The van der Waals surface area contributed by atoms with Gasteiger partial charge in [0.1, 0.15) is 11.6 Å². The fourth-order valence-corrected chi connectivity index (χ4v) is 4.70. The first kappa shape index (κ1) is 25.6. The Morgan fingerprint density at radius 3 is 2.56 bits per heavy atom. The SMILES string of the molecule is CCOC(=O)c1ccc2c(c1)nc(SCc1ccc(OC)c(C(F)(F)F)c1)n2Cc1cccc(F)c1. The van der Waals surface area contributed by atoms with Crippen LogP contribution in [0.1, 0.15) is 34.0 Å². The average Bonchev–Trinajstić information content (AvgIpc) is 3.18. The number of hydrogen-bond acceptors (Lipinski definition) is 5. The molecule has 4 rings (SSSR count). The molecule has 0 unspecified atom stereocenters. The molecular weight excluding hydrogens is 496 g/mol. The van der Waals surface area contributed by atoms with Crippen LogP contribution in [0.3, 0.4) is 0 Å². The fraction of sp³-hybridized carbons (Fsp3) is 0.231. The average molecular weight is 519 g/mol. The highest BCUT2D eigenvalue weighted by molar-refractivity contribution is 7.98. The standard InChI is InChI=1S/C26H22F4N2O3S/c1-3-35-24(33)18-8-9-22-21(13-18)31-25(32(22)14-16-5-4-6-19(27)11-16)36-15-17-7-10-23(34-2)20(12-17)26(28,29)30/h4-13H,3,14-15H2,1-2H3. The molecule has 0 fully saturated rings. The van der Waals surface area contributed by atoms with E-state index in [1.54, 1.807) is 43.3 Å². The highest BCUT2D eigenvalue weighted by Crippen LogP contribution is 2.38. The van der Waals surface area contributed by atoms with E-state index in [9.17, 15) is 22.4 Å². The number of rotatable bonds is 8. The molecule has 0 aliphatic heterocycles. The number of thioether (sulfide) groups is 1. The molecule has 0 N–H and O–H groups in total. The molecule has 5 nitrogen and oxygen atoms in total. The number of halogens is 4. The maximum absolute atomic E-state index is 13.8. The Kier molecular flexibility index (Phi) is 7.53. The number of hydrogen-bond donors (Lipinski definition) is 0. The van der Waals surface area contributed by atoms with Gasteiger partial charge in [0.05, 0.1) is 42.4 Å². The molecule has 1 heterocycles. The summed E-state index contributed by atoms with van der Waals surface area (Å²) in [6, 6.07) is 15.0. The maximum Gasteiger partial charge on any atom is 0.419 e. The molecule has 10 heteroatoms. The Bertz CT molecular complexity index is 1400. The topological polar surface area (TPSA) is 53.4 Å². The summed E-state index contributed by atoms with van der Waals surface area (Å²) in [5, 5.41) is 0.514. The maximum atomic E-state index is 13.8. The van der Waals surface area contributed by atoms with Gasteiger partial charge < -0.3 is 14.0 Å². The smallest absolute Gasteiger partial charge is 0.419 e. The zero-order valence-corrected chi connectivity index (χ0v) is 20.3. The van der Waals surface area contributed by atoms with Crippen molar-refractivity contribution < 1.29 is 31.8 Å². The van der Waals surface area contributed by atoms with Gasteiger partial charge >= 0.3 is 12.1 Å². The van der Waals surface area contributed by atoms with Crippen LogP contribution in [-0.4, -0.2) is 29.2 Å². The van der Waals surface area contributed by atoms with E-state index in [1.165, 1.54) is 37.1 Å². The lowest BCUT2D eigenvalue weighted by molar-refractivity contribution is -0.138. The number of benzene rings is 3. The summed E-state index contributed by atoms with van der Waals surface area (Å²) in [7, 11) is 1.19. The summed E-state index contributed by atoms with van der Waals surface area (Å²) in [4.78, 5) is 16.8. The van der Waals surface area contributed by atoms with E-state index in [0.29, 0.717) is 32.9 Å². The highest BCUT2D eigenvalue weighted by atomic mass is 32.2. The minimum atomic E-state index is -4.56. The second-order valence-electron chi connectivity index (χ2n) is 7.86. The lowest BCUT2D eigenvalue weighted by atomic mass is 10.1. The van der Waals surface area contributed by atoms with Gasteiger partial charge in [-0.3, -0.25) is 0 Å². The van der Waals surface area contributed by atoms with Gasteiger partial charge in [0.25, 0.3) is 0 Å². The summed E-state index contributed by atoms with van der Waals surface area (Å²) < 4.78 is 65.9. The van der Waals surface area contributed by atoms with Crippen molar-refractivity contribution in [3.8, 4) is 5.75 Å². The van der Waals surface area contributed by atoms with E-state index in [0.717, 1.165) is 6.07 Å². The quantitative estimate of drug-likeness (QED) is 0.147. The van der Waals surface area contributed by atoms with Crippen LogP contribution in [0, 0.1) is 5.82 Å². The molecule has 0 saturated carbocycles. The minimum absolute atomic E-state index is 0.199. The van der Waals surface area contributed by atoms with Crippen LogP contribution in [-0.2, 0) is 23.2 Å². The monoisotopic (exact) mass is 518 g/mol. The lowest BCUT2D eigenvalue weighted by Gasteiger charge is -2.14. The van der Waals surface area contributed by atoms with Gasteiger partial charge in [-0.05, 0) is 60.5 Å². The predicted octanol–water partition coefficient (Wildman–Crippen LogP) is 6.72. The number of fused-ring (bicyclic) bond motifs is 1. The second kappa shape index (κ2) is 10.6. The number of imidazole rings is 1. The van der Waals surface area contributed by atoms with Gasteiger partial charge in [0.15, 0.2) is 5.16 Å². The molecule has 0 atom stereocenters. The van der Waals surface area contributed by atoms with Crippen LogP contribution in [0.15, 0.2) is 65.8 Å². The van der Waals surface area contributed by atoms with Gasteiger partial charge in [-0.1, -0.05) is 30.0 Å². The van der Waals surface area contributed by atoms with E-state index < -0.39 is 17.7 Å². The molecular formula is C26H22F4N2O3S. The van der Waals surface area contributed by atoms with Crippen LogP contribution >= 0.6 is 11.8 Å². The Morgan fingerprint density at radius 1 is 1.06 bits per heavy atom. The van der Waals surface area contributed by atoms with E-state index >= 15 is 0 Å². The first-order valence-electron chi connectivity index (χ1n) is 11.0. The Morgan fingerprint density at radius 2 is 1.86 bits per heavy atom. The van der Waals surface area contributed by atoms with Gasteiger partial charge in [-0.25, -0.2) is 14.2 Å². The number of carbonyl (C=O) groups excluding carboxylic acids is 1. The number of ether oxygens (including phenoxy) is 2. The molecule has 0 saturated heterocycles. The van der Waals surface area contributed by atoms with Crippen molar-refractivity contribution in [2.75, 3.05) is 13.7 Å². The molecule has 3 aromatic carbocycles. The molecule has 0 aliphatic carbocycles. The molecule has 0 aliphatic rings. The van der Waals surface area contributed by atoms with Gasteiger partial charge in [0, 0.05) is 5.75 Å². The first-order valence-corrected chi connectivity index (χ1v) is 12.0. The van der Waals surface area contributed by atoms with Crippen molar-refractivity contribution in [3.05, 3.63) is 88.7 Å². The predicted molar refractivity (Wildman–Crippen MR) is 129 cm³/mol. The third-order valence-electron chi connectivity index (χ3n) is 5.39. The number of alkyl halides is 3. The number of esters is 1. The summed E-state index contributed by atoms with van der Waals surface area (Å²) in [6.45, 7) is 2.22. The zero-order chi connectivity index (χ0) is 25.9. The number of nitrogens with zero attached hydrogens (tertiary/aromatic N) is 2. The van der Waals surface area contributed by atoms with Crippen molar-refractivity contribution in [3.63, 3.8) is 0 Å². The number of carbonyl (C=O) groups is 1. The third kappa shape index (κ3) is 5.64. The Balaban J connectivity index is 1.70. The van der Waals surface area contributed by atoms with E-state index in [1.807, 2.05) is 4.57 Å². The number of methoxy groups -OCH3 is 1. The largest absolute Gasteiger partial charge is 0.496 e. The van der Waals surface area contributed by atoms with Crippen molar-refractivity contribution >= 4 is 28.8 Å². The number of aromatic nitrogens is 2. The van der Waals surface area contributed by atoms with Crippen LogP contribution in [0.25, 0.3) is 11.0 Å². The lowest BCUT2D eigenvalue weighted by Crippen LogP contribution is -2.08. The van der Waals surface area contributed by atoms with Crippen LogP contribution in [0.4, 0.5) is 17.6 Å². The molecule has 0 amide bonds. The molecule has 4 aromatic rings. The van der Waals surface area contributed by atoms with Crippen LogP contribution < -0.4 is 4.74 Å². The summed E-state index contributed by atoms with van der Waals surface area (Å²) in [6.07, 6.45) is -4.56. The van der Waals surface area contributed by atoms with E-state index in [4.69, 9.17) is 9.47 Å². The Hall–Kier alpha value is -3.53. The van der Waals surface area contributed by atoms with Gasteiger partial charge in [-0.15, -0.1) is 0 Å². The molecule has 188 valence electrons. The van der Waals surface area contributed by atoms with Crippen molar-refractivity contribution in [1.29, 1.82) is 0 Å².